The van der Waals surface area contributed by atoms with E-state index in [4.69, 9.17) is 14.2 Å². The van der Waals surface area contributed by atoms with Crippen LogP contribution in [0.1, 0.15) is 29.9 Å². The summed E-state index contributed by atoms with van der Waals surface area (Å²) in [5.74, 6) is -0.262. The van der Waals surface area contributed by atoms with Gasteiger partial charge in [-0.3, -0.25) is 4.79 Å². The molecule has 0 bridgehead atoms. The molecule has 2 heterocycles. The lowest BCUT2D eigenvalue weighted by atomic mass is 9.66. The molecule has 0 N–H and O–H groups in total. The molecule has 0 aliphatic carbocycles. The Bertz CT molecular complexity index is 802. The third-order valence-electron chi connectivity index (χ3n) is 5.66. The number of carbonyl (C=O) groups excluding carboxylic acids is 1. The number of fused-ring (bicyclic) bond motifs is 1. The molecule has 0 saturated carbocycles. The van der Waals surface area contributed by atoms with Crippen LogP contribution in [0.2, 0.25) is 0 Å². The van der Waals surface area contributed by atoms with E-state index < -0.39 is 11.7 Å². The molecule has 4 heteroatoms. The molecule has 2 aromatic carbocycles. The van der Waals surface area contributed by atoms with Crippen molar-refractivity contribution >= 4 is 12.0 Å². The van der Waals surface area contributed by atoms with Gasteiger partial charge in [-0.25, -0.2) is 0 Å². The van der Waals surface area contributed by atoms with Crippen LogP contribution in [0.15, 0.2) is 66.7 Å². The van der Waals surface area contributed by atoms with Crippen LogP contribution in [-0.4, -0.2) is 32.1 Å². The Kier molecular flexibility index (Phi) is 5.10. The highest BCUT2D eigenvalue weighted by Crippen LogP contribution is 2.54. The normalized spacial score (nSPS) is 30.2. The first-order chi connectivity index (χ1) is 13.2. The van der Waals surface area contributed by atoms with Gasteiger partial charge < -0.3 is 14.2 Å². The van der Waals surface area contributed by atoms with E-state index in [-0.39, 0.29) is 18.0 Å². The van der Waals surface area contributed by atoms with Gasteiger partial charge in [-0.05, 0) is 24.0 Å². The fraction of sp³-hybridized carbons (Fsp3) is 0.348. The number of hydrogen-bond acceptors (Lipinski definition) is 4. The topological polar surface area (TPSA) is 44.8 Å². The minimum atomic E-state index is -0.785. The maximum atomic E-state index is 12.8. The Hall–Kier alpha value is -2.43. The molecule has 140 valence electrons. The van der Waals surface area contributed by atoms with Crippen LogP contribution in [0.4, 0.5) is 0 Å². The molecular formula is C23H24O4. The number of methoxy groups -OCH3 is 1. The van der Waals surface area contributed by atoms with Crippen molar-refractivity contribution in [1.29, 1.82) is 0 Å². The van der Waals surface area contributed by atoms with Gasteiger partial charge in [0.1, 0.15) is 5.41 Å². The molecule has 2 fully saturated rings. The van der Waals surface area contributed by atoms with Crippen LogP contribution < -0.4 is 0 Å². The SMILES string of the molecule is COC(=O)[C@]12CCO[C@H]1O[C@H](/C=C/c1ccccc1)C[C@@H]2c1ccccc1. The summed E-state index contributed by atoms with van der Waals surface area (Å²) in [7, 11) is 1.44. The predicted octanol–water partition coefficient (Wildman–Crippen LogP) is 4.18. The van der Waals surface area contributed by atoms with Gasteiger partial charge in [0.2, 0.25) is 0 Å². The molecule has 0 amide bonds. The van der Waals surface area contributed by atoms with Crippen LogP contribution in [0.5, 0.6) is 0 Å². The quantitative estimate of drug-likeness (QED) is 0.764. The molecule has 2 aliphatic heterocycles. The van der Waals surface area contributed by atoms with Crippen LogP contribution in [0.3, 0.4) is 0 Å². The van der Waals surface area contributed by atoms with Gasteiger partial charge in [0, 0.05) is 5.92 Å². The third-order valence-corrected chi connectivity index (χ3v) is 5.66. The first kappa shape index (κ1) is 18.0. The predicted molar refractivity (Wildman–Crippen MR) is 103 cm³/mol. The smallest absolute Gasteiger partial charge is 0.317 e. The van der Waals surface area contributed by atoms with Gasteiger partial charge in [0.25, 0.3) is 0 Å². The second-order valence-corrected chi connectivity index (χ2v) is 7.13. The summed E-state index contributed by atoms with van der Waals surface area (Å²) < 4.78 is 17.3. The monoisotopic (exact) mass is 364 g/mol. The van der Waals surface area contributed by atoms with Crippen molar-refractivity contribution in [3.05, 3.63) is 77.9 Å². The number of carbonyl (C=O) groups is 1. The zero-order valence-corrected chi connectivity index (χ0v) is 15.4. The Morgan fingerprint density at radius 1 is 1.11 bits per heavy atom. The Morgan fingerprint density at radius 2 is 1.81 bits per heavy atom. The third kappa shape index (κ3) is 3.31. The van der Waals surface area contributed by atoms with E-state index in [1.807, 2.05) is 36.4 Å². The summed E-state index contributed by atoms with van der Waals surface area (Å²) >= 11 is 0. The number of rotatable bonds is 4. The first-order valence-electron chi connectivity index (χ1n) is 9.38. The lowest BCUT2D eigenvalue weighted by Crippen LogP contribution is -2.51. The van der Waals surface area contributed by atoms with Crippen molar-refractivity contribution < 1.29 is 19.0 Å². The standard InChI is InChI=1S/C23H24O4/c1-25-21(24)23-14-15-26-22(23)27-19(13-12-17-8-4-2-5-9-17)16-20(23)18-10-6-3-7-11-18/h2-13,19-20,22H,14-16H2,1H3/b13-12+/t19-,20-,22+,23-/m1/s1. The highest BCUT2D eigenvalue weighted by Gasteiger charge is 2.60. The Balaban J connectivity index is 1.67. The fourth-order valence-corrected chi connectivity index (χ4v) is 4.31. The van der Waals surface area contributed by atoms with Crippen LogP contribution in [0.25, 0.3) is 6.08 Å². The van der Waals surface area contributed by atoms with Crippen molar-refractivity contribution in [3.8, 4) is 0 Å². The van der Waals surface area contributed by atoms with Crippen LogP contribution >= 0.6 is 0 Å². The number of hydrogen-bond donors (Lipinski definition) is 0. The average Bonchev–Trinajstić information content (AvgIpc) is 3.17. The van der Waals surface area contributed by atoms with Crippen LogP contribution in [0, 0.1) is 5.41 Å². The van der Waals surface area contributed by atoms with Gasteiger partial charge in [0.15, 0.2) is 6.29 Å². The highest BCUT2D eigenvalue weighted by atomic mass is 16.7. The van der Waals surface area contributed by atoms with Crippen molar-refractivity contribution in [1.82, 2.24) is 0 Å². The van der Waals surface area contributed by atoms with Gasteiger partial charge >= 0.3 is 5.97 Å². The second kappa shape index (κ2) is 7.67. The maximum absolute atomic E-state index is 12.8. The molecular weight excluding hydrogens is 340 g/mol. The summed E-state index contributed by atoms with van der Waals surface area (Å²) in [6, 6.07) is 20.3. The summed E-state index contributed by atoms with van der Waals surface area (Å²) in [5.41, 5.74) is 1.46. The van der Waals surface area contributed by atoms with E-state index in [1.54, 1.807) is 0 Å². The minimum absolute atomic E-state index is 0.0159. The Labute approximate surface area is 159 Å². The van der Waals surface area contributed by atoms with E-state index >= 15 is 0 Å². The largest absolute Gasteiger partial charge is 0.468 e. The minimum Gasteiger partial charge on any atom is -0.468 e. The molecule has 4 nitrogen and oxygen atoms in total. The van der Waals surface area contributed by atoms with E-state index in [0.717, 1.165) is 11.1 Å². The first-order valence-corrected chi connectivity index (χ1v) is 9.38. The second-order valence-electron chi connectivity index (χ2n) is 7.13. The van der Waals surface area contributed by atoms with E-state index in [1.165, 1.54) is 7.11 Å². The van der Waals surface area contributed by atoms with Crippen molar-refractivity contribution in [2.24, 2.45) is 5.41 Å². The number of ether oxygens (including phenoxy) is 3. The maximum Gasteiger partial charge on any atom is 0.317 e. The highest BCUT2D eigenvalue weighted by molar-refractivity contribution is 5.79. The van der Waals surface area contributed by atoms with E-state index in [0.29, 0.717) is 19.4 Å². The molecule has 4 rings (SSSR count). The van der Waals surface area contributed by atoms with Gasteiger partial charge in [-0.15, -0.1) is 0 Å². The molecule has 0 radical (unpaired) electrons. The van der Waals surface area contributed by atoms with Gasteiger partial charge in [-0.1, -0.05) is 72.8 Å². The Morgan fingerprint density at radius 3 is 2.52 bits per heavy atom. The molecule has 2 aliphatic rings. The van der Waals surface area contributed by atoms with Gasteiger partial charge in [0.05, 0.1) is 19.8 Å². The summed E-state index contributed by atoms with van der Waals surface area (Å²) in [4.78, 5) is 12.8. The summed E-state index contributed by atoms with van der Waals surface area (Å²) in [6.07, 6.45) is 4.73. The zero-order chi connectivity index (χ0) is 18.7. The van der Waals surface area contributed by atoms with Crippen molar-refractivity contribution in [2.75, 3.05) is 13.7 Å². The number of benzene rings is 2. The molecule has 0 aromatic heterocycles. The van der Waals surface area contributed by atoms with E-state index in [9.17, 15) is 4.79 Å². The molecule has 27 heavy (non-hydrogen) atoms. The molecule has 2 saturated heterocycles. The van der Waals surface area contributed by atoms with E-state index in [2.05, 4.69) is 36.4 Å². The van der Waals surface area contributed by atoms with Crippen molar-refractivity contribution in [3.63, 3.8) is 0 Å². The van der Waals surface area contributed by atoms with Crippen LogP contribution in [-0.2, 0) is 19.0 Å². The lowest BCUT2D eigenvalue weighted by Gasteiger charge is -2.44. The molecule has 4 atom stereocenters. The lowest BCUT2D eigenvalue weighted by molar-refractivity contribution is -0.222. The molecule has 0 spiro atoms. The summed E-state index contributed by atoms with van der Waals surface area (Å²) in [5, 5.41) is 0. The fourth-order valence-electron chi connectivity index (χ4n) is 4.31. The average molecular weight is 364 g/mol. The van der Waals surface area contributed by atoms with Gasteiger partial charge in [-0.2, -0.15) is 0 Å². The molecule has 0 unspecified atom stereocenters. The number of esters is 1. The van der Waals surface area contributed by atoms with Crippen molar-refractivity contribution in [2.45, 2.75) is 31.2 Å². The summed E-state index contributed by atoms with van der Waals surface area (Å²) in [6.45, 7) is 0.498. The molecule has 2 aromatic rings. The zero-order valence-electron chi connectivity index (χ0n) is 15.4.